The summed E-state index contributed by atoms with van der Waals surface area (Å²) in [5.74, 6) is -0.900. The zero-order valence-electron chi connectivity index (χ0n) is 16.1. The molecule has 2 amide bonds. The van der Waals surface area contributed by atoms with E-state index in [4.69, 9.17) is 0 Å². The lowest BCUT2D eigenvalue weighted by Gasteiger charge is -2.32. The van der Waals surface area contributed by atoms with E-state index >= 15 is 0 Å². The van der Waals surface area contributed by atoms with Crippen molar-refractivity contribution in [1.29, 1.82) is 0 Å². The number of nitrogens with zero attached hydrogens (tertiary/aromatic N) is 2. The molecule has 0 aliphatic carbocycles. The van der Waals surface area contributed by atoms with Crippen molar-refractivity contribution in [2.24, 2.45) is 5.92 Å². The molecule has 0 saturated carbocycles. The highest BCUT2D eigenvalue weighted by molar-refractivity contribution is 6.45. The summed E-state index contributed by atoms with van der Waals surface area (Å²) < 4.78 is 14.4. The van der Waals surface area contributed by atoms with E-state index in [2.05, 4.69) is 6.92 Å². The zero-order valence-corrected chi connectivity index (χ0v) is 16.1. The first-order valence-corrected chi connectivity index (χ1v) is 9.67. The van der Waals surface area contributed by atoms with E-state index in [0.29, 0.717) is 22.8 Å². The van der Waals surface area contributed by atoms with E-state index in [1.165, 1.54) is 12.1 Å². The van der Waals surface area contributed by atoms with Crippen LogP contribution in [-0.4, -0.2) is 29.8 Å². The maximum atomic E-state index is 14.4. The number of para-hydroxylation sites is 1. The van der Waals surface area contributed by atoms with E-state index in [1.807, 2.05) is 36.1 Å². The van der Waals surface area contributed by atoms with Gasteiger partial charge in [0, 0.05) is 13.1 Å². The largest absolute Gasteiger partial charge is 0.366 e. The number of rotatable bonds is 3. The first-order valence-electron chi connectivity index (χ1n) is 9.67. The van der Waals surface area contributed by atoms with E-state index in [0.717, 1.165) is 36.4 Å². The van der Waals surface area contributed by atoms with Gasteiger partial charge >= 0.3 is 0 Å². The molecule has 0 radical (unpaired) electrons. The van der Waals surface area contributed by atoms with Gasteiger partial charge in [0.05, 0.1) is 11.3 Å². The lowest BCUT2D eigenvalue weighted by Crippen LogP contribution is -2.38. The molecule has 4 rings (SSSR count). The maximum absolute atomic E-state index is 14.4. The first-order chi connectivity index (χ1) is 13.5. The number of carbonyl (C=O) groups excluding carboxylic acids is 2. The highest BCUT2D eigenvalue weighted by atomic mass is 19.1. The third kappa shape index (κ3) is 3.11. The van der Waals surface area contributed by atoms with Gasteiger partial charge in [-0.2, -0.15) is 0 Å². The Kier molecular flexibility index (Phi) is 4.75. The molecule has 144 valence electrons. The fourth-order valence-corrected chi connectivity index (χ4v) is 3.88. The molecule has 2 aliphatic rings. The number of aryl methyl sites for hydroxylation is 1. The molecule has 0 atom stereocenters. The van der Waals surface area contributed by atoms with Crippen LogP contribution in [0.3, 0.4) is 0 Å². The number of carbonyl (C=O) groups is 2. The summed E-state index contributed by atoms with van der Waals surface area (Å²) in [4.78, 5) is 29.6. The molecule has 0 aromatic heterocycles. The second kappa shape index (κ2) is 7.23. The van der Waals surface area contributed by atoms with Crippen molar-refractivity contribution in [3.63, 3.8) is 0 Å². The third-order valence-corrected chi connectivity index (χ3v) is 5.59. The average Bonchev–Trinajstić information content (AvgIpc) is 2.94. The standard InChI is InChI=1S/C23H23FN2O2/c1-15-7-9-17(10-8-15)20-21(25-13-11-16(2)12-14-25)23(28)26(22(20)27)19-6-4-3-5-18(19)24/h3-10,16H,11-14H2,1-2H3. The Morgan fingerprint density at radius 2 is 1.57 bits per heavy atom. The Bertz CT molecular complexity index is 957. The van der Waals surface area contributed by atoms with Gasteiger partial charge in [0.15, 0.2) is 0 Å². The predicted octanol–water partition coefficient (Wildman–Crippen LogP) is 4.15. The molecule has 0 N–H and O–H groups in total. The van der Waals surface area contributed by atoms with E-state index in [9.17, 15) is 14.0 Å². The number of piperidine rings is 1. The molecule has 1 fully saturated rings. The van der Waals surface area contributed by atoms with Gasteiger partial charge in [-0.15, -0.1) is 0 Å². The van der Waals surface area contributed by atoms with Crippen LogP contribution in [0.4, 0.5) is 10.1 Å². The number of benzene rings is 2. The van der Waals surface area contributed by atoms with Crippen molar-refractivity contribution in [3.05, 3.63) is 71.2 Å². The number of hydrogen-bond acceptors (Lipinski definition) is 3. The lowest BCUT2D eigenvalue weighted by molar-refractivity contribution is -0.120. The zero-order chi connectivity index (χ0) is 19.8. The van der Waals surface area contributed by atoms with Crippen LogP contribution in [0.5, 0.6) is 0 Å². The summed E-state index contributed by atoms with van der Waals surface area (Å²) in [5, 5.41) is 0. The van der Waals surface area contributed by atoms with Crippen LogP contribution in [0, 0.1) is 18.7 Å². The van der Waals surface area contributed by atoms with Gasteiger partial charge in [0.25, 0.3) is 11.8 Å². The fourth-order valence-electron chi connectivity index (χ4n) is 3.88. The smallest absolute Gasteiger partial charge is 0.282 e. The molecule has 0 spiro atoms. The van der Waals surface area contributed by atoms with Crippen LogP contribution in [0.15, 0.2) is 54.2 Å². The molecule has 2 aliphatic heterocycles. The van der Waals surface area contributed by atoms with Gasteiger partial charge in [-0.3, -0.25) is 9.59 Å². The van der Waals surface area contributed by atoms with Gasteiger partial charge in [-0.1, -0.05) is 48.9 Å². The molecular weight excluding hydrogens is 355 g/mol. The summed E-state index contributed by atoms with van der Waals surface area (Å²) in [6.07, 6.45) is 1.93. The number of amides is 2. The van der Waals surface area contributed by atoms with Gasteiger partial charge in [0.1, 0.15) is 11.5 Å². The lowest BCUT2D eigenvalue weighted by atomic mass is 9.97. The van der Waals surface area contributed by atoms with Crippen LogP contribution in [-0.2, 0) is 9.59 Å². The van der Waals surface area contributed by atoms with Crippen LogP contribution < -0.4 is 4.90 Å². The first kappa shape index (κ1) is 18.4. The Morgan fingerprint density at radius 1 is 0.929 bits per heavy atom. The van der Waals surface area contributed by atoms with E-state index in [1.54, 1.807) is 12.1 Å². The minimum atomic E-state index is -0.582. The van der Waals surface area contributed by atoms with Crippen molar-refractivity contribution in [3.8, 4) is 0 Å². The van der Waals surface area contributed by atoms with E-state index in [-0.39, 0.29) is 5.69 Å². The van der Waals surface area contributed by atoms with Crippen LogP contribution >= 0.6 is 0 Å². The second-order valence-corrected chi connectivity index (χ2v) is 7.66. The van der Waals surface area contributed by atoms with Crippen molar-refractivity contribution in [2.75, 3.05) is 18.0 Å². The van der Waals surface area contributed by atoms with Crippen molar-refractivity contribution >= 4 is 23.1 Å². The van der Waals surface area contributed by atoms with Gasteiger partial charge < -0.3 is 4.90 Å². The summed E-state index contributed by atoms with van der Waals surface area (Å²) in [5.41, 5.74) is 2.52. The molecule has 1 saturated heterocycles. The number of likely N-dealkylation sites (tertiary alicyclic amines) is 1. The molecule has 2 heterocycles. The third-order valence-electron chi connectivity index (χ3n) is 5.59. The maximum Gasteiger partial charge on any atom is 0.282 e. The molecule has 28 heavy (non-hydrogen) atoms. The highest BCUT2D eigenvalue weighted by Crippen LogP contribution is 2.37. The minimum absolute atomic E-state index is 0.00230. The Labute approximate surface area is 164 Å². The normalized spacial score (nSPS) is 18.4. The Balaban J connectivity index is 1.82. The monoisotopic (exact) mass is 378 g/mol. The molecular formula is C23H23FN2O2. The molecule has 0 unspecified atom stereocenters. The quantitative estimate of drug-likeness (QED) is 0.754. The molecule has 0 bridgehead atoms. The molecule has 4 nitrogen and oxygen atoms in total. The van der Waals surface area contributed by atoms with Crippen molar-refractivity contribution in [1.82, 2.24) is 4.90 Å². The van der Waals surface area contributed by atoms with Crippen molar-refractivity contribution < 1.29 is 14.0 Å². The van der Waals surface area contributed by atoms with Crippen LogP contribution in [0.1, 0.15) is 30.9 Å². The number of hydrogen-bond donors (Lipinski definition) is 0. The Hall–Kier alpha value is -2.95. The van der Waals surface area contributed by atoms with Gasteiger partial charge in [-0.25, -0.2) is 9.29 Å². The number of anilines is 1. The Morgan fingerprint density at radius 3 is 2.21 bits per heavy atom. The SMILES string of the molecule is Cc1ccc(C2=C(N3CCC(C)CC3)C(=O)N(c3ccccc3F)C2=O)cc1. The molecule has 5 heteroatoms. The minimum Gasteiger partial charge on any atom is -0.366 e. The topological polar surface area (TPSA) is 40.6 Å². The highest BCUT2D eigenvalue weighted by Gasteiger charge is 2.43. The second-order valence-electron chi connectivity index (χ2n) is 7.66. The van der Waals surface area contributed by atoms with Gasteiger partial charge in [-0.05, 0) is 43.4 Å². The van der Waals surface area contributed by atoms with E-state index < -0.39 is 17.6 Å². The number of halogens is 1. The van der Waals surface area contributed by atoms with Gasteiger partial charge in [0.2, 0.25) is 0 Å². The number of imide groups is 1. The average molecular weight is 378 g/mol. The summed E-state index contributed by atoms with van der Waals surface area (Å²) in [7, 11) is 0. The predicted molar refractivity (Wildman–Crippen MR) is 107 cm³/mol. The van der Waals surface area contributed by atoms with Crippen molar-refractivity contribution in [2.45, 2.75) is 26.7 Å². The fraction of sp³-hybridized carbons (Fsp3) is 0.304. The van der Waals surface area contributed by atoms with Crippen LogP contribution in [0.2, 0.25) is 0 Å². The summed E-state index contributed by atoms with van der Waals surface area (Å²) in [6.45, 7) is 5.60. The molecule has 2 aromatic carbocycles. The van der Waals surface area contributed by atoms with Crippen LogP contribution in [0.25, 0.3) is 5.57 Å². The summed E-state index contributed by atoms with van der Waals surface area (Å²) in [6, 6.07) is 13.5. The molecule has 2 aromatic rings. The summed E-state index contributed by atoms with van der Waals surface area (Å²) >= 11 is 0.